The van der Waals surface area contributed by atoms with Gasteiger partial charge < -0.3 is 10.8 Å². The highest BCUT2D eigenvalue weighted by molar-refractivity contribution is 5.77. The van der Waals surface area contributed by atoms with Crippen molar-refractivity contribution in [3.63, 3.8) is 0 Å². The van der Waals surface area contributed by atoms with Gasteiger partial charge in [0.25, 0.3) is 0 Å². The highest BCUT2D eigenvalue weighted by atomic mass is 16.3. The molecule has 0 amide bonds. The van der Waals surface area contributed by atoms with E-state index >= 15 is 0 Å². The molecule has 0 saturated heterocycles. The minimum absolute atomic E-state index is 0.158. The first kappa shape index (κ1) is 13.8. The molecule has 3 N–H and O–H groups in total. The number of hydrogen-bond acceptors (Lipinski definition) is 5. The average molecular weight is 290 g/mol. The summed E-state index contributed by atoms with van der Waals surface area (Å²) in [7, 11) is 0. The molecule has 0 atom stereocenters. The molecule has 0 unspecified atom stereocenters. The minimum atomic E-state index is 0.158. The molecule has 2 aromatic heterocycles. The van der Waals surface area contributed by atoms with Gasteiger partial charge in [0.15, 0.2) is 5.82 Å². The molecule has 1 aromatic carbocycles. The van der Waals surface area contributed by atoms with Crippen molar-refractivity contribution in [2.75, 3.05) is 5.73 Å². The molecule has 5 nitrogen and oxygen atoms in total. The van der Waals surface area contributed by atoms with E-state index in [4.69, 9.17) is 5.73 Å². The second kappa shape index (κ2) is 6.05. The number of nitrogens with two attached hydrogens (primary N) is 1. The van der Waals surface area contributed by atoms with Gasteiger partial charge >= 0.3 is 0 Å². The number of pyridine rings is 1. The van der Waals surface area contributed by atoms with Crippen molar-refractivity contribution in [3.05, 3.63) is 66.0 Å². The van der Waals surface area contributed by atoms with Gasteiger partial charge in [-0.2, -0.15) is 0 Å². The Balaban J connectivity index is 1.97. The summed E-state index contributed by atoms with van der Waals surface area (Å²) >= 11 is 0. The lowest BCUT2D eigenvalue weighted by molar-refractivity contribution is 0.477. The Labute approximate surface area is 127 Å². The third-order valence-corrected chi connectivity index (χ3v) is 3.19. The van der Waals surface area contributed by atoms with Gasteiger partial charge in [-0.05, 0) is 35.9 Å². The molecule has 5 heteroatoms. The van der Waals surface area contributed by atoms with Crippen LogP contribution in [0.5, 0.6) is 5.75 Å². The van der Waals surface area contributed by atoms with Crippen molar-refractivity contribution in [2.45, 2.75) is 0 Å². The van der Waals surface area contributed by atoms with E-state index in [0.717, 1.165) is 11.1 Å². The summed E-state index contributed by atoms with van der Waals surface area (Å²) in [6, 6.07) is 12.6. The lowest BCUT2D eigenvalue weighted by atomic mass is 10.1. The minimum Gasteiger partial charge on any atom is -0.507 e. The van der Waals surface area contributed by atoms with Gasteiger partial charge in [-0.3, -0.25) is 4.98 Å². The summed E-state index contributed by atoms with van der Waals surface area (Å²) in [5.41, 5.74) is 8.81. The number of aromatic nitrogens is 3. The van der Waals surface area contributed by atoms with Crippen molar-refractivity contribution < 1.29 is 5.11 Å². The van der Waals surface area contributed by atoms with Gasteiger partial charge in [-0.25, -0.2) is 0 Å². The maximum atomic E-state index is 9.91. The normalized spacial score (nSPS) is 10.9. The summed E-state index contributed by atoms with van der Waals surface area (Å²) in [6.07, 6.45) is 7.23. The Morgan fingerprint density at radius 3 is 2.50 bits per heavy atom. The molecule has 0 radical (unpaired) electrons. The number of phenolic OH excluding ortho intramolecular Hbond substituents is 1. The predicted molar refractivity (Wildman–Crippen MR) is 86.7 cm³/mol. The highest BCUT2D eigenvalue weighted by Gasteiger charge is 2.08. The Hall–Kier alpha value is -3.21. The van der Waals surface area contributed by atoms with Gasteiger partial charge in [-0.1, -0.05) is 24.3 Å². The number of para-hydroxylation sites is 1. The zero-order valence-electron chi connectivity index (χ0n) is 11.7. The van der Waals surface area contributed by atoms with E-state index in [9.17, 15) is 5.11 Å². The average Bonchev–Trinajstić information content (AvgIpc) is 2.56. The SMILES string of the molecule is Nc1nnc(-c2ccccc2O)cc1/C=C/c1ccncc1. The van der Waals surface area contributed by atoms with E-state index in [1.165, 1.54) is 0 Å². The van der Waals surface area contributed by atoms with Crippen LogP contribution in [0, 0.1) is 0 Å². The van der Waals surface area contributed by atoms with Crippen LogP contribution < -0.4 is 5.73 Å². The zero-order chi connectivity index (χ0) is 15.4. The van der Waals surface area contributed by atoms with Crippen LogP contribution in [0.1, 0.15) is 11.1 Å². The van der Waals surface area contributed by atoms with Crippen LogP contribution in [0.15, 0.2) is 54.9 Å². The van der Waals surface area contributed by atoms with Gasteiger partial charge in [0.2, 0.25) is 0 Å². The lowest BCUT2D eigenvalue weighted by Crippen LogP contribution is -1.98. The van der Waals surface area contributed by atoms with E-state index in [-0.39, 0.29) is 5.75 Å². The Bertz CT molecular complexity index is 816. The number of anilines is 1. The van der Waals surface area contributed by atoms with Crippen molar-refractivity contribution in [1.82, 2.24) is 15.2 Å². The first-order chi connectivity index (χ1) is 10.7. The van der Waals surface area contributed by atoms with Crippen molar-refractivity contribution in [1.29, 1.82) is 0 Å². The number of phenols is 1. The summed E-state index contributed by atoms with van der Waals surface area (Å²) in [5, 5.41) is 17.9. The van der Waals surface area contributed by atoms with E-state index < -0.39 is 0 Å². The fourth-order valence-corrected chi connectivity index (χ4v) is 2.03. The maximum Gasteiger partial charge on any atom is 0.153 e. The molecule has 0 aliphatic heterocycles. The highest BCUT2D eigenvalue weighted by Crippen LogP contribution is 2.28. The second-order valence-corrected chi connectivity index (χ2v) is 4.70. The molecule has 0 spiro atoms. The molecule has 3 aromatic rings. The molecule has 0 saturated carbocycles. The molecule has 22 heavy (non-hydrogen) atoms. The van der Waals surface area contributed by atoms with Crippen LogP contribution in [0.25, 0.3) is 23.4 Å². The summed E-state index contributed by atoms with van der Waals surface area (Å²) in [6.45, 7) is 0. The Morgan fingerprint density at radius 2 is 1.73 bits per heavy atom. The maximum absolute atomic E-state index is 9.91. The molecule has 0 fully saturated rings. The van der Waals surface area contributed by atoms with Gasteiger partial charge in [0.05, 0.1) is 5.69 Å². The van der Waals surface area contributed by atoms with Crippen LogP contribution in [0.4, 0.5) is 5.82 Å². The van der Waals surface area contributed by atoms with Crippen LogP contribution in [-0.4, -0.2) is 20.3 Å². The van der Waals surface area contributed by atoms with E-state index in [0.29, 0.717) is 17.1 Å². The van der Waals surface area contributed by atoms with Gasteiger partial charge in [0.1, 0.15) is 5.75 Å². The molecular formula is C17H14N4O. The fraction of sp³-hybridized carbons (Fsp3) is 0. The number of nitrogens with zero attached hydrogens (tertiary/aromatic N) is 3. The van der Waals surface area contributed by atoms with Crippen LogP contribution in [-0.2, 0) is 0 Å². The second-order valence-electron chi connectivity index (χ2n) is 4.70. The third kappa shape index (κ3) is 2.93. The summed E-state index contributed by atoms with van der Waals surface area (Å²) in [4.78, 5) is 3.97. The topological polar surface area (TPSA) is 84.9 Å². The molecule has 2 heterocycles. The Kier molecular flexibility index (Phi) is 3.78. The third-order valence-electron chi connectivity index (χ3n) is 3.19. The van der Waals surface area contributed by atoms with Crippen LogP contribution >= 0.6 is 0 Å². The smallest absolute Gasteiger partial charge is 0.153 e. The molecular weight excluding hydrogens is 276 g/mol. The number of benzene rings is 1. The van der Waals surface area contributed by atoms with Gasteiger partial charge in [0, 0.05) is 23.5 Å². The Morgan fingerprint density at radius 1 is 0.955 bits per heavy atom. The van der Waals surface area contributed by atoms with E-state index in [1.54, 1.807) is 36.7 Å². The van der Waals surface area contributed by atoms with Crippen molar-refractivity contribution in [3.8, 4) is 17.0 Å². The first-order valence-corrected chi connectivity index (χ1v) is 6.74. The quantitative estimate of drug-likeness (QED) is 0.774. The molecule has 0 bridgehead atoms. The van der Waals surface area contributed by atoms with Crippen molar-refractivity contribution >= 4 is 18.0 Å². The summed E-state index contributed by atoms with van der Waals surface area (Å²) < 4.78 is 0. The number of hydrogen-bond donors (Lipinski definition) is 2. The zero-order valence-corrected chi connectivity index (χ0v) is 11.7. The monoisotopic (exact) mass is 290 g/mol. The predicted octanol–water partition coefficient (Wildman–Crippen LogP) is 3.00. The molecule has 0 aliphatic carbocycles. The van der Waals surface area contributed by atoms with E-state index in [1.807, 2.05) is 30.4 Å². The molecule has 108 valence electrons. The summed E-state index contributed by atoms with van der Waals surface area (Å²) in [5.74, 6) is 0.495. The number of rotatable bonds is 3. The molecule has 3 rings (SSSR count). The molecule has 0 aliphatic rings. The number of nitrogen functional groups attached to an aromatic ring is 1. The fourth-order valence-electron chi connectivity index (χ4n) is 2.03. The van der Waals surface area contributed by atoms with Gasteiger partial charge in [-0.15, -0.1) is 10.2 Å². The largest absolute Gasteiger partial charge is 0.507 e. The number of aromatic hydroxyl groups is 1. The standard InChI is InChI=1S/C17H14N4O/c18-17-13(6-5-12-7-9-19-10-8-12)11-15(20-21-17)14-3-1-2-4-16(14)22/h1-11,22H,(H2,18,21)/b6-5+. The van der Waals surface area contributed by atoms with Crippen LogP contribution in [0.3, 0.4) is 0 Å². The first-order valence-electron chi connectivity index (χ1n) is 6.74. The van der Waals surface area contributed by atoms with E-state index in [2.05, 4.69) is 15.2 Å². The lowest BCUT2D eigenvalue weighted by Gasteiger charge is -2.05. The van der Waals surface area contributed by atoms with Crippen molar-refractivity contribution in [2.24, 2.45) is 0 Å². The van der Waals surface area contributed by atoms with Crippen LogP contribution in [0.2, 0.25) is 0 Å².